The zero-order valence-electron chi connectivity index (χ0n) is 21.0. The normalized spacial score (nSPS) is 26.3. The van der Waals surface area contributed by atoms with Crippen molar-refractivity contribution in [3.8, 4) is 0 Å². The van der Waals surface area contributed by atoms with Gasteiger partial charge < -0.3 is 16.0 Å². The van der Waals surface area contributed by atoms with E-state index in [0.717, 1.165) is 45.1 Å². The monoisotopic (exact) mass is 492 g/mol. The average molecular weight is 493 g/mol. The third kappa shape index (κ3) is 5.62. The molecule has 0 spiro atoms. The molecule has 2 aliphatic carbocycles. The maximum Gasteiger partial charge on any atom is 0.254 e. The van der Waals surface area contributed by atoms with E-state index in [1.165, 1.54) is 35.4 Å². The fourth-order valence-corrected chi connectivity index (χ4v) is 5.79. The van der Waals surface area contributed by atoms with Gasteiger partial charge in [-0.1, -0.05) is 24.3 Å². The van der Waals surface area contributed by atoms with Crippen molar-refractivity contribution in [3.05, 3.63) is 71.0 Å². The predicted octanol–water partition coefficient (Wildman–Crippen LogP) is 3.77. The fraction of sp³-hybridized carbons (Fsp3) is 0.517. The zero-order chi connectivity index (χ0) is 25.2. The summed E-state index contributed by atoms with van der Waals surface area (Å²) >= 11 is 0. The Hall–Kier alpha value is -2.77. The van der Waals surface area contributed by atoms with Gasteiger partial charge in [0.1, 0.15) is 11.9 Å². The molecule has 2 amide bonds. The second kappa shape index (κ2) is 10.7. The molecule has 2 saturated carbocycles. The largest absolute Gasteiger partial charge is 0.352 e. The number of benzene rings is 2. The maximum absolute atomic E-state index is 13.6. The Morgan fingerprint density at radius 3 is 2.36 bits per heavy atom. The van der Waals surface area contributed by atoms with Crippen molar-refractivity contribution >= 4 is 11.8 Å². The summed E-state index contributed by atoms with van der Waals surface area (Å²) in [5.41, 5.74) is 9.00. The van der Waals surface area contributed by atoms with Gasteiger partial charge in [0, 0.05) is 42.8 Å². The van der Waals surface area contributed by atoms with Crippen LogP contribution in [0.3, 0.4) is 0 Å². The van der Waals surface area contributed by atoms with E-state index >= 15 is 0 Å². The van der Waals surface area contributed by atoms with Gasteiger partial charge in [-0.25, -0.2) is 4.39 Å². The molecule has 2 aromatic rings. The van der Waals surface area contributed by atoms with Crippen LogP contribution in [0, 0.1) is 12.7 Å². The molecular formula is C29H37FN4O2. The number of nitrogens with two attached hydrogens (primary N) is 1. The highest BCUT2D eigenvalue weighted by Gasteiger charge is 2.45. The van der Waals surface area contributed by atoms with Crippen LogP contribution in [0.15, 0.2) is 48.5 Å². The number of amides is 2. The van der Waals surface area contributed by atoms with E-state index in [-0.39, 0.29) is 35.8 Å². The van der Waals surface area contributed by atoms with Crippen molar-refractivity contribution in [3.63, 3.8) is 0 Å². The van der Waals surface area contributed by atoms with E-state index < -0.39 is 6.04 Å². The average Bonchev–Trinajstić information content (AvgIpc) is 3.62. The molecule has 7 heteroatoms. The number of halogens is 1. The van der Waals surface area contributed by atoms with Crippen molar-refractivity contribution in [1.29, 1.82) is 0 Å². The number of rotatable bonds is 7. The Morgan fingerprint density at radius 1 is 1.00 bits per heavy atom. The molecule has 0 radical (unpaired) electrons. The molecule has 5 rings (SSSR count). The van der Waals surface area contributed by atoms with Crippen LogP contribution in [0.5, 0.6) is 0 Å². The molecule has 6 nitrogen and oxygen atoms in total. The van der Waals surface area contributed by atoms with Gasteiger partial charge in [-0.3, -0.25) is 14.5 Å². The molecule has 2 atom stereocenters. The second-order valence-electron chi connectivity index (χ2n) is 10.8. The molecule has 1 aliphatic heterocycles. The van der Waals surface area contributed by atoms with E-state index in [9.17, 15) is 14.0 Å². The molecule has 192 valence electrons. The first-order valence-electron chi connectivity index (χ1n) is 13.3. The van der Waals surface area contributed by atoms with E-state index in [1.54, 1.807) is 4.90 Å². The summed E-state index contributed by atoms with van der Waals surface area (Å²) in [4.78, 5) is 31.3. The summed E-state index contributed by atoms with van der Waals surface area (Å²) in [6, 6.07) is 14.4. The molecule has 0 bridgehead atoms. The number of nitrogens with one attached hydrogen (secondary N) is 1. The predicted molar refractivity (Wildman–Crippen MR) is 138 cm³/mol. The van der Waals surface area contributed by atoms with Crippen molar-refractivity contribution in [1.82, 2.24) is 15.1 Å². The lowest BCUT2D eigenvalue weighted by molar-refractivity contribution is -0.125. The molecule has 1 saturated heterocycles. The Morgan fingerprint density at radius 2 is 1.69 bits per heavy atom. The number of carbonyl (C=O) groups excluding carboxylic acids is 2. The van der Waals surface area contributed by atoms with Gasteiger partial charge in [0.15, 0.2) is 0 Å². The number of hydrogen-bond acceptors (Lipinski definition) is 4. The first kappa shape index (κ1) is 24.9. The first-order valence-corrected chi connectivity index (χ1v) is 13.3. The van der Waals surface area contributed by atoms with Gasteiger partial charge >= 0.3 is 0 Å². The number of likely N-dealkylation sites (tertiary alicyclic amines) is 1. The Balaban J connectivity index is 1.37. The van der Waals surface area contributed by atoms with Crippen molar-refractivity contribution in [2.45, 2.75) is 88.6 Å². The van der Waals surface area contributed by atoms with Crippen molar-refractivity contribution < 1.29 is 14.0 Å². The zero-order valence-corrected chi connectivity index (χ0v) is 21.0. The highest BCUT2D eigenvalue weighted by atomic mass is 19.1. The van der Waals surface area contributed by atoms with Crippen LogP contribution >= 0.6 is 0 Å². The lowest BCUT2D eigenvalue weighted by atomic mass is 9.91. The van der Waals surface area contributed by atoms with E-state index in [4.69, 9.17) is 5.73 Å². The van der Waals surface area contributed by atoms with E-state index in [1.807, 2.05) is 0 Å². The summed E-state index contributed by atoms with van der Waals surface area (Å²) < 4.78 is 13.5. The maximum atomic E-state index is 13.6. The summed E-state index contributed by atoms with van der Waals surface area (Å²) in [7, 11) is 0. The molecule has 1 heterocycles. The highest BCUT2D eigenvalue weighted by Crippen LogP contribution is 2.35. The van der Waals surface area contributed by atoms with E-state index in [2.05, 4.69) is 41.4 Å². The van der Waals surface area contributed by atoms with Gasteiger partial charge in [0.25, 0.3) is 5.91 Å². The molecular weight excluding hydrogens is 455 g/mol. The summed E-state index contributed by atoms with van der Waals surface area (Å²) in [6.07, 6.45) is 6.45. The van der Waals surface area contributed by atoms with Gasteiger partial charge in [-0.2, -0.15) is 0 Å². The number of aryl methyl sites for hydroxylation is 1. The van der Waals surface area contributed by atoms with Gasteiger partial charge in [0.05, 0.1) is 0 Å². The fourth-order valence-electron chi connectivity index (χ4n) is 5.79. The highest BCUT2D eigenvalue weighted by molar-refractivity contribution is 5.98. The molecule has 3 fully saturated rings. The van der Waals surface area contributed by atoms with Crippen LogP contribution in [0.4, 0.5) is 4.39 Å². The molecule has 2 unspecified atom stereocenters. The molecule has 36 heavy (non-hydrogen) atoms. The SMILES string of the molecule is Cc1ccccc1CN(C1CC1)C1CC(C(=O)NC2CCC(N)CC2)N(C(=O)c2ccc(F)cc2)C1. The van der Waals surface area contributed by atoms with Crippen molar-refractivity contribution in [2.24, 2.45) is 5.73 Å². The quantitative estimate of drug-likeness (QED) is 0.617. The van der Waals surface area contributed by atoms with Gasteiger partial charge in [-0.15, -0.1) is 0 Å². The summed E-state index contributed by atoms with van der Waals surface area (Å²) in [6.45, 7) is 3.44. The van der Waals surface area contributed by atoms with Crippen molar-refractivity contribution in [2.75, 3.05) is 6.54 Å². The van der Waals surface area contributed by atoms with Crippen LogP contribution in [0.1, 0.15) is 66.4 Å². The van der Waals surface area contributed by atoms with Crippen LogP contribution in [-0.2, 0) is 11.3 Å². The van der Waals surface area contributed by atoms with Crippen LogP contribution in [0.2, 0.25) is 0 Å². The van der Waals surface area contributed by atoms with Gasteiger partial charge in [-0.05, 0) is 87.3 Å². The minimum Gasteiger partial charge on any atom is -0.352 e. The lowest BCUT2D eigenvalue weighted by Gasteiger charge is -2.30. The van der Waals surface area contributed by atoms with Crippen LogP contribution in [-0.4, -0.2) is 58.4 Å². The first-order chi connectivity index (χ1) is 17.4. The minimum absolute atomic E-state index is 0.0833. The second-order valence-corrected chi connectivity index (χ2v) is 10.8. The topological polar surface area (TPSA) is 78.7 Å². The molecule has 2 aromatic carbocycles. The number of carbonyl (C=O) groups is 2. The summed E-state index contributed by atoms with van der Waals surface area (Å²) in [5, 5.41) is 3.22. The number of nitrogens with zero attached hydrogens (tertiary/aromatic N) is 2. The van der Waals surface area contributed by atoms with Crippen LogP contribution < -0.4 is 11.1 Å². The lowest BCUT2D eigenvalue weighted by Crippen LogP contribution is -2.50. The molecule has 3 aliphatic rings. The third-order valence-electron chi connectivity index (χ3n) is 8.15. The Bertz CT molecular complexity index is 1080. The Labute approximate surface area is 213 Å². The van der Waals surface area contributed by atoms with Gasteiger partial charge in [0.2, 0.25) is 5.91 Å². The summed E-state index contributed by atoms with van der Waals surface area (Å²) in [5.74, 6) is -0.677. The smallest absolute Gasteiger partial charge is 0.254 e. The third-order valence-corrected chi connectivity index (χ3v) is 8.15. The number of hydrogen-bond donors (Lipinski definition) is 2. The Kier molecular flexibility index (Phi) is 7.39. The van der Waals surface area contributed by atoms with E-state index in [0.29, 0.717) is 24.6 Å². The van der Waals surface area contributed by atoms with Crippen LogP contribution in [0.25, 0.3) is 0 Å². The molecule has 3 N–H and O–H groups in total. The molecule has 0 aromatic heterocycles. The standard InChI is InChI=1S/C29H37FN4O2/c1-19-4-2-3-5-21(19)17-33(25-14-15-25)26-16-27(28(35)32-24-12-10-23(31)11-13-24)34(18-26)29(36)20-6-8-22(30)9-7-20/h2-9,23-27H,10-18,31H2,1H3,(H,32,35). The minimum atomic E-state index is -0.540.